The summed E-state index contributed by atoms with van der Waals surface area (Å²) in [6.45, 7) is 3.94. The minimum Gasteiger partial charge on any atom is -0.490 e. The summed E-state index contributed by atoms with van der Waals surface area (Å²) in [6, 6.07) is 11.1. The van der Waals surface area contributed by atoms with Crippen molar-refractivity contribution in [2.24, 2.45) is 5.92 Å². The molecule has 6 nitrogen and oxygen atoms in total. The molecule has 1 aromatic carbocycles. The highest BCUT2D eigenvalue weighted by Gasteiger charge is 2.35. The van der Waals surface area contributed by atoms with Gasteiger partial charge in [-0.2, -0.15) is 0 Å². The minimum absolute atomic E-state index is 0.0822. The van der Waals surface area contributed by atoms with Crippen molar-refractivity contribution in [3.05, 3.63) is 53.5 Å². The second kappa shape index (κ2) is 8.72. The Morgan fingerprint density at radius 3 is 2.62 bits per heavy atom. The predicted molar refractivity (Wildman–Crippen MR) is 109 cm³/mol. The number of hydrogen-bond donors (Lipinski definition) is 1. The lowest BCUT2D eigenvalue weighted by molar-refractivity contribution is -0.134. The molecule has 1 aliphatic carbocycles. The monoisotopic (exact) mass is 396 g/mol. The molecule has 4 rings (SSSR count). The number of furan rings is 1. The summed E-state index contributed by atoms with van der Waals surface area (Å²) in [4.78, 5) is 26.6. The maximum absolute atomic E-state index is 12.4. The summed E-state index contributed by atoms with van der Waals surface area (Å²) >= 11 is 0. The topological polar surface area (TPSA) is 71.8 Å². The first-order chi connectivity index (χ1) is 14.1. The lowest BCUT2D eigenvalue weighted by atomic mass is 10.1. The van der Waals surface area contributed by atoms with Crippen LogP contribution in [0.5, 0.6) is 5.75 Å². The SMILES string of the molecule is Cc1ccc(CCNC(=O)c2cccc(OC3CCN(C(=O)C4CC4)CC3)c2)o1. The van der Waals surface area contributed by atoms with Crippen LogP contribution in [0.3, 0.4) is 0 Å². The van der Waals surface area contributed by atoms with Crippen LogP contribution in [0.25, 0.3) is 0 Å². The average molecular weight is 396 g/mol. The molecule has 0 spiro atoms. The first-order valence-electron chi connectivity index (χ1n) is 10.5. The quantitative estimate of drug-likeness (QED) is 0.779. The van der Waals surface area contributed by atoms with Crippen molar-refractivity contribution in [3.8, 4) is 5.75 Å². The van der Waals surface area contributed by atoms with Gasteiger partial charge in [0.05, 0.1) is 0 Å². The Morgan fingerprint density at radius 2 is 1.93 bits per heavy atom. The Morgan fingerprint density at radius 1 is 1.14 bits per heavy atom. The van der Waals surface area contributed by atoms with Gasteiger partial charge in [-0.25, -0.2) is 0 Å². The molecule has 1 saturated heterocycles. The zero-order chi connectivity index (χ0) is 20.2. The molecule has 2 aromatic rings. The van der Waals surface area contributed by atoms with Gasteiger partial charge < -0.3 is 19.4 Å². The van der Waals surface area contributed by atoms with Gasteiger partial charge in [-0.15, -0.1) is 0 Å². The highest BCUT2D eigenvalue weighted by atomic mass is 16.5. The van der Waals surface area contributed by atoms with E-state index in [1.807, 2.05) is 36.1 Å². The number of benzene rings is 1. The minimum atomic E-state index is -0.122. The van der Waals surface area contributed by atoms with Crippen LogP contribution in [-0.4, -0.2) is 42.5 Å². The van der Waals surface area contributed by atoms with Gasteiger partial charge in [0.15, 0.2) is 0 Å². The van der Waals surface area contributed by atoms with E-state index in [-0.39, 0.29) is 17.9 Å². The number of carbonyl (C=O) groups excluding carboxylic acids is 2. The maximum atomic E-state index is 12.4. The van der Waals surface area contributed by atoms with Gasteiger partial charge in [0, 0.05) is 50.4 Å². The lowest BCUT2D eigenvalue weighted by Crippen LogP contribution is -2.42. The molecular formula is C23H28N2O4. The number of aryl methyl sites for hydroxylation is 1. The molecule has 6 heteroatoms. The molecule has 1 saturated carbocycles. The summed E-state index contributed by atoms with van der Waals surface area (Å²) in [5, 5.41) is 2.92. The van der Waals surface area contributed by atoms with E-state index < -0.39 is 0 Å². The molecule has 29 heavy (non-hydrogen) atoms. The molecule has 2 fully saturated rings. The smallest absolute Gasteiger partial charge is 0.251 e. The van der Waals surface area contributed by atoms with Crippen molar-refractivity contribution in [2.75, 3.05) is 19.6 Å². The van der Waals surface area contributed by atoms with Crippen LogP contribution in [0.4, 0.5) is 0 Å². The van der Waals surface area contributed by atoms with Crippen molar-refractivity contribution in [2.45, 2.75) is 45.1 Å². The fourth-order valence-corrected chi connectivity index (χ4v) is 3.71. The molecule has 0 unspecified atom stereocenters. The summed E-state index contributed by atoms with van der Waals surface area (Å²) in [6.07, 6.45) is 4.50. The molecule has 154 valence electrons. The van der Waals surface area contributed by atoms with Crippen molar-refractivity contribution in [1.29, 1.82) is 0 Å². The number of ether oxygens (including phenoxy) is 1. The molecule has 2 heterocycles. The summed E-state index contributed by atoms with van der Waals surface area (Å²) in [7, 11) is 0. The summed E-state index contributed by atoms with van der Waals surface area (Å²) in [5.41, 5.74) is 0.583. The number of nitrogens with one attached hydrogen (secondary N) is 1. The number of carbonyl (C=O) groups is 2. The van der Waals surface area contributed by atoms with E-state index in [1.54, 1.807) is 12.1 Å². The highest BCUT2D eigenvalue weighted by Crippen LogP contribution is 2.32. The van der Waals surface area contributed by atoms with Crippen LogP contribution in [0.1, 0.15) is 47.6 Å². The van der Waals surface area contributed by atoms with Gasteiger partial charge in [-0.1, -0.05) is 6.07 Å². The Labute approximate surface area is 171 Å². The first kappa shape index (κ1) is 19.6. The van der Waals surface area contributed by atoms with Gasteiger partial charge >= 0.3 is 0 Å². The van der Waals surface area contributed by atoms with Gasteiger partial charge in [-0.05, 0) is 50.1 Å². The molecule has 1 aliphatic heterocycles. The first-order valence-corrected chi connectivity index (χ1v) is 10.5. The van der Waals surface area contributed by atoms with Crippen LogP contribution < -0.4 is 10.1 Å². The van der Waals surface area contributed by atoms with Crippen molar-refractivity contribution < 1.29 is 18.7 Å². The van der Waals surface area contributed by atoms with E-state index in [9.17, 15) is 9.59 Å². The normalized spacial score (nSPS) is 17.2. The van der Waals surface area contributed by atoms with E-state index in [0.717, 1.165) is 50.3 Å². The second-order valence-electron chi connectivity index (χ2n) is 7.96. The molecule has 1 N–H and O–H groups in total. The van der Waals surface area contributed by atoms with E-state index in [1.165, 1.54) is 0 Å². The van der Waals surface area contributed by atoms with E-state index >= 15 is 0 Å². The molecule has 0 bridgehead atoms. The Bertz CT molecular complexity index is 863. The average Bonchev–Trinajstić information content (AvgIpc) is 3.50. The lowest BCUT2D eigenvalue weighted by Gasteiger charge is -2.32. The third-order valence-corrected chi connectivity index (χ3v) is 5.53. The van der Waals surface area contributed by atoms with Gasteiger partial charge in [0.1, 0.15) is 23.4 Å². The van der Waals surface area contributed by atoms with Gasteiger partial charge in [0.2, 0.25) is 5.91 Å². The zero-order valence-electron chi connectivity index (χ0n) is 16.9. The van der Waals surface area contributed by atoms with Crippen LogP contribution in [-0.2, 0) is 11.2 Å². The Kier molecular flexibility index (Phi) is 5.88. The van der Waals surface area contributed by atoms with Crippen LogP contribution >= 0.6 is 0 Å². The van der Waals surface area contributed by atoms with Crippen molar-refractivity contribution >= 4 is 11.8 Å². The number of hydrogen-bond acceptors (Lipinski definition) is 4. The fourth-order valence-electron chi connectivity index (χ4n) is 3.71. The van der Waals surface area contributed by atoms with Gasteiger partial charge in [0.25, 0.3) is 5.91 Å². The fraction of sp³-hybridized carbons (Fsp3) is 0.478. The van der Waals surface area contributed by atoms with E-state index in [0.29, 0.717) is 30.2 Å². The molecule has 2 amide bonds. The molecule has 1 aromatic heterocycles. The van der Waals surface area contributed by atoms with Crippen molar-refractivity contribution in [3.63, 3.8) is 0 Å². The molecule has 0 radical (unpaired) electrons. The van der Waals surface area contributed by atoms with Gasteiger partial charge in [-0.3, -0.25) is 9.59 Å². The number of amides is 2. The second-order valence-corrected chi connectivity index (χ2v) is 7.96. The Hall–Kier alpha value is -2.76. The molecular weight excluding hydrogens is 368 g/mol. The van der Waals surface area contributed by atoms with E-state index in [4.69, 9.17) is 9.15 Å². The molecule has 2 aliphatic rings. The highest BCUT2D eigenvalue weighted by molar-refractivity contribution is 5.94. The van der Waals surface area contributed by atoms with E-state index in [2.05, 4.69) is 5.32 Å². The third kappa shape index (κ3) is 5.19. The number of piperidine rings is 1. The zero-order valence-corrected chi connectivity index (χ0v) is 16.9. The largest absolute Gasteiger partial charge is 0.490 e. The maximum Gasteiger partial charge on any atom is 0.251 e. The Balaban J connectivity index is 1.25. The third-order valence-electron chi connectivity index (χ3n) is 5.53. The summed E-state index contributed by atoms with van der Waals surface area (Å²) < 4.78 is 11.6. The number of rotatable bonds is 7. The summed E-state index contributed by atoms with van der Waals surface area (Å²) in [5.74, 6) is 2.91. The van der Waals surface area contributed by atoms with Crippen LogP contribution in [0.2, 0.25) is 0 Å². The van der Waals surface area contributed by atoms with Crippen molar-refractivity contribution in [1.82, 2.24) is 10.2 Å². The number of nitrogens with zero attached hydrogens (tertiary/aromatic N) is 1. The predicted octanol–water partition coefficient (Wildman–Crippen LogP) is 3.34. The van der Waals surface area contributed by atoms with Crippen LogP contribution in [0.15, 0.2) is 40.8 Å². The number of likely N-dealkylation sites (tertiary alicyclic amines) is 1. The van der Waals surface area contributed by atoms with Crippen LogP contribution in [0, 0.1) is 12.8 Å². The standard InChI is InChI=1S/C23H28N2O4/c1-16-5-8-19(28-16)9-12-24-22(26)18-3-2-4-21(15-18)29-20-10-13-25(14-11-20)23(27)17-6-7-17/h2-5,8,15,17,20H,6-7,9-14H2,1H3,(H,24,26). The molecule has 0 atom stereocenters.